The van der Waals surface area contributed by atoms with Crippen LogP contribution in [-0.4, -0.2) is 24.9 Å². The molecular weight excluding hydrogens is 250 g/mol. The van der Waals surface area contributed by atoms with E-state index in [9.17, 15) is 4.79 Å². The highest BCUT2D eigenvalue weighted by atomic mass is 79.9. The number of ether oxygens (including phenoxy) is 1. The summed E-state index contributed by atoms with van der Waals surface area (Å²) in [5.41, 5.74) is 0. The van der Waals surface area contributed by atoms with Crippen LogP contribution >= 0.6 is 15.9 Å². The Hall–Kier alpha value is -1.14. The van der Waals surface area contributed by atoms with Crippen molar-refractivity contribution in [2.75, 3.05) is 19.2 Å². The molecule has 0 aromatic carbocycles. The zero-order valence-corrected chi connectivity index (χ0v) is 9.17. The fourth-order valence-corrected chi connectivity index (χ4v) is 1.11. The van der Waals surface area contributed by atoms with Crippen molar-refractivity contribution in [3.63, 3.8) is 0 Å². The number of halogens is 1. The Labute approximate surface area is 90.0 Å². The Balaban J connectivity index is 2.47. The van der Waals surface area contributed by atoms with Gasteiger partial charge in [0, 0.05) is 17.8 Å². The first-order chi connectivity index (χ1) is 6.72. The number of methoxy groups -OCH3 is 1. The number of nitrogens with zero attached hydrogens (tertiary/aromatic N) is 1. The van der Waals surface area contributed by atoms with E-state index in [-0.39, 0.29) is 12.8 Å². The molecule has 0 aliphatic rings. The minimum atomic E-state index is -0.350. The number of carbonyl (C=O) groups is 1. The molecule has 2 amide bonds. The highest BCUT2D eigenvalue weighted by molar-refractivity contribution is 9.10. The summed E-state index contributed by atoms with van der Waals surface area (Å²) in [7, 11) is 1.50. The van der Waals surface area contributed by atoms with Gasteiger partial charge in [-0.25, -0.2) is 9.78 Å². The third-order valence-corrected chi connectivity index (χ3v) is 1.83. The lowest BCUT2D eigenvalue weighted by molar-refractivity contribution is 0.177. The van der Waals surface area contributed by atoms with Crippen molar-refractivity contribution < 1.29 is 9.53 Å². The number of nitrogens with one attached hydrogen (secondary N) is 2. The summed E-state index contributed by atoms with van der Waals surface area (Å²) in [5.74, 6) is 0.480. The quantitative estimate of drug-likeness (QED) is 0.811. The molecule has 1 aromatic rings. The first-order valence-corrected chi connectivity index (χ1v) is 4.67. The Morgan fingerprint density at radius 1 is 1.71 bits per heavy atom. The number of pyridine rings is 1. The third kappa shape index (κ3) is 3.71. The van der Waals surface area contributed by atoms with Gasteiger partial charge in [-0.2, -0.15) is 0 Å². The molecule has 0 aliphatic carbocycles. The predicted octanol–water partition coefficient (Wildman–Crippen LogP) is 1.57. The van der Waals surface area contributed by atoms with Crippen LogP contribution in [0.2, 0.25) is 0 Å². The molecule has 5 nitrogen and oxygen atoms in total. The van der Waals surface area contributed by atoms with Gasteiger partial charge in [0.15, 0.2) is 0 Å². The van der Waals surface area contributed by atoms with E-state index in [4.69, 9.17) is 0 Å². The van der Waals surface area contributed by atoms with Crippen LogP contribution < -0.4 is 10.6 Å². The third-order valence-electron chi connectivity index (χ3n) is 1.34. The van der Waals surface area contributed by atoms with Gasteiger partial charge in [0.1, 0.15) is 12.5 Å². The van der Waals surface area contributed by atoms with Crippen LogP contribution in [0.25, 0.3) is 0 Å². The van der Waals surface area contributed by atoms with Crippen LogP contribution in [0.4, 0.5) is 10.6 Å². The fourth-order valence-electron chi connectivity index (χ4n) is 0.771. The molecule has 1 aromatic heterocycles. The number of anilines is 1. The number of aromatic nitrogens is 1. The molecule has 0 bridgehead atoms. The van der Waals surface area contributed by atoms with Crippen molar-refractivity contribution in [2.24, 2.45) is 0 Å². The number of hydrogen-bond acceptors (Lipinski definition) is 3. The standard InChI is InChI=1S/C8H10BrN3O2/c1-14-5-11-8(13)12-7-4-6(9)2-3-10-7/h2-4H,5H2,1H3,(H2,10,11,12,13). The summed E-state index contributed by atoms with van der Waals surface area (Å²) in [4.78, 5) is 15.1. The summed E-state index contributed by atoms with van der Waals surface area (Å²) in [6, 6.07) is 3.13. The smallest absolute Gasteiger partial charge is 0.322 e. The molecule has 76 valence electrons. The van der Waals surface area contributed by atoms with Gasteiger partial charge in [0.05, 0.1) is 0 Å². The molecule has 0 aliphatic heterocycles. The van der Waals surface area contributed by atoms with Gasteiger partial charge >= 0.3 is 6.03 Å². The zero-order valence-electron chi connectivity index (χ0n) is 7.58. The van der Waals surface area contributed by atoms with E-state index < -0.39 is 0 Å². The normalized spacial score (nSPS) is 9.57. The van der Waals surface area contributed by atoms with Crippen molar-refractivity contribution >= 4 is 27.8 Å². The minimum absolute atomic E-state index is 0.167. The highest BCUT2D eigenvalue weighted by Gasteiger charge is 2.01. The van der Waals surface area contributed by atoms with E-state index in [2.05, 4.69) is 36.3 Å². The predicted molar refractivity (Wildman–Crippen MR) is 56.0 cm³/mol. The second-order valence-corrected chi connectivity index (χ2v) is 3.34. The molecule has 0 atom stereocenters. The second kappa shape index (κ2) is 5.56. The molecule has 1 rings (SSSR count). The molecule has 0 radical (unpaired) electrons. The Morgan fingerprint density at radius 3 is 3.14 bits per heavy atom. The Bertz CT molecular complexity index is 319. The SMILES string of the molecule is COCNC(=O)Nc1cc(Br)ccn1. The number of amides is 2. The molecule has 2 N–H and O–H groups in total. The maximum atomic E-state index is 11.1. The van der Waals surface area contributed by atoms with Crippen LogP contribution in [-0.2, 0) is 4.74 Å². The largest absolute Gasteiger partial charge is 0.364 e. The lowest BCUT2D eigenvalue weighted by atomic mass is 10.5. The van der Waals surface area contributed by atoms with Gasteiger partial charge in [0.2, 0.25) is 0 Å². The molecule has 0 saturated carbocycles. The summed E-state index contributed by atoms with van der Waals surface area (Å²) < 4.78 is 5.53. The number of hydrogen-bond donors (Lipinski definition) is 2. The zero-order chi connectivity index (χ0) is 10.4. The van der Waals surface area contributed by atoms with Crippen molar-refractivity contribution in [1.82, 2.24) is 10.3 Å². The molecule has 14 heavy (non-hydrogen) atoms. The summed E-state index contributed by atoms with van der Waals surface area (Å²) in [6.07, 6.45) is 1.59. The summed E-state index contributed by atoms with van der Waals surface area (Å²) in [6.45, 7) is 0.167. The van der Waals surface area contributed by atoms with Crippen LogP contribution in [0.15, 0.2) is 22.8 Å². The first kappa shape index (κ1) is 10.9. The highest BCUT2D eigenvalue weighted by Crippen LogP contribution is 2.12. The van der Waals surface area contributed by atoms with Gasteiger partial charge in [-0.05, 0) is 12.1 Å². The van der Waals surface area contributed by atoms with E-state index in [1.54, 1.807) is 18.3 Å². The molecule has 6 heteroatoms. The van der Waals surface area contributed by atoms with E-state index >= 15 is 0 Å². The Kier molecular flexibility index (Phi) is 4.34. The summed E-state index contributed by atoms with van der Waals surface area (Å²) in [5, 5.41) is 5.02. The van der Waals surface area contributed by atoms with E-state index in [1.165, 1.54) is 7.11 Å². The first-order valence-electron chi connectivity index (χ1n) is 3.87. The van der Waals surface area contributed by atoms with Gasteiger partial charge in [-0.15, -0.1) is 0 Å². The van der Waals surface area contributed by atoms with Crippen LogP contribution in [0.3, 0.4) is 0 Å². The molecule has 0 saturated heterocycles. The minimum Gasteiger partial charge on any atom is -0.364 e. The van der Waals surface area contributed by atoms with Gasteiger partial charge in [-0.3, -0.25) is 5.32 Å². The molecule has 0 spiro atoms. The Morgan fingerprint density at radius 2 is 2.50 bits per heavy atom. The maximum absolute atomic E-state index is 11.1. The second-order valence-electron chi connectivity index (χ2n) is 2.42. The van der Waals surface area contributed by atoms with E-state index in [0.29, 0.717) is 5.82 Å². The van der Waals surface area contributed by atoms with Crippen molar-refractivity contribution in [1.29, 1.82) is 0 Å². The average Bonchev–Trinajstić information content (AvgIpc) is 2.15. The average molecular weight is 260 g/mol. The van der Waals surface area contributed by atoms with Crippen molar-refractivity contribution in [2.45, 2.75) is 0 Å². The lowest BCUT2D eigenvalue weighted by Crippen LogP contribution is -2.30. The number of carbonyl (C=O) groups excluding carboxylic acids is 1. The molecule has 0 fully saturated rings. The monoisotopic (exact) mass is 259 g/mol. The van der Waals surface area contributed by atoms with Gasteiger partial charge in [-0.1, -0.05) is 15.9 Å². The molecular formula is C8H10BrN3O2. The molecule has 0 unspecified atom stereocenters. The molecule has 1 heterocycles. The van der Waals surface area contributed by atoms with E-state index in [1.807, 2.05) is 0 Å². The lowest BCUT2D eigenvalue weighted by Gasteiger charge is -2.05. The number of urea groups is 1. The van der Waals surface area contributed by atoms with Crippen molar-refractivity contribution in [3.8, 4) is 0 Å². The topological polar surface area (TPSA) is 63.2 Å². The fraction of sp³-hybridized carbons (Fsp3) is 0.250. The number of rotatable bonds is 3. The van der Waals surface area contributed by atoms with Crippen molar-refractivity contribution in [3.05, 3.63) is 22.8 Å². The summed E-state index contributed by atoms with van der Waals surface area (Å²) >= 11 is 3.27. The van der Waals surface area contributed by atoms with Crippen LogP contribution in [0.5, 0.6) is 0 Å². The van der Waals surface area contributed by atoms with Gasteiger partial charge < -0.3 is 10.1 Å². The maximum Gasteiger partial charge on any atom is 0.322 e. The van der Waals surface area contributed by atoms with Crippen LogP contribution in [0, 0.1) is 0 Å². The van der Waals surface area contributed by atoms with Gasteiger partial charge in [0.25, 0.3) is 0 Å². The van der Waals surface area contributed by atoms with E-state index in [0.717, 1.165) is 4.47 Å². The van der Waals surface area contributed by atoms with Crippen LogP contribution in [0.1, 0.15) is 0 Å².